The summed E-state index contributed by atoms with van der Waals surface area (Å²) in [5.41, 5.74) is 4.81. The lowest BCUT2D eigenvalue weighted by molar-refractivity contribution is 0.0945. The van der Waals surface area contributed by atoms with Crippen molar-refractivity contribution in [2.24, 2.45) is 0 Å². The molecule has 0 aliphatic rings. The third-order valence-electron chi connectivity index (χ3n) is 3.66. The Hall–Kier alpha value is -2.75. The molecule has 22 heavy (non-hydrogen) atoms. The molecule has 1 N–H and O–H groups in total. The second-order valence-electron chi connectivity index (χ2n) is 5.26. The van der Waals surface area contributed by atoms with E-state index in [9.17, 15) is 4.79 Å². The van der Waals surface area contributed by atoms with Crippen LogP contribution in [-0.4, -0.2) is 15.9 Å². The molecule has 0 saturated heterocycles. The third kappa shape index (κ3) is 2.81. The first-order valence-corrected chi connectivity index (χ1v) is 7.21. The standard InChI is InChI=1S/C18H17N3O/c1-12-7-3-4-8-14(12)11-19-18(22)17-13(2)20-15-9-5-6-10-16(15)21-17/h3-10H,11H2,1-2H3,(H,19,22). The van der Waals surface area contributed by atoms with E-state index in [0.717, 1.165) is 22.2 Å². The van der Waals surface area contributed by atoms with Crippen LogP contribution in [0.4, 0.5) is 0 Å². The van der Waals surface area contributed by atoms with Crippen LogP contribution in [0, 0.1) is 13.8 Å². The number of carbonyl (C=O) groups excluding carboxylic acids is 1. The molecule has 0 radical (unpaired) electrons. The van der Waals surface area contributed by atoms with Gasteiger partial charge in [0.2, 0.25) is 0 Å². The van der Waals surface area contributed by atoms with E-state index >= 15 is 0 Å². The van der Waals surface area contributed by atoms with Gasteiger partial charge in [0.25, 0.3) is 5.91 Å². The van der Waals surface area contributed by atoms with Crippen molar-refractivity contribution in [1.82, 2.24) is 15.3 Å². The van der Waals surface area contributed by atoms with Crippen LogP contribution >= 0.6 is 0 Å². The number of fused-ring (bicyclic) bond motifs is 1. The zero-order chi connectivity index (χ0) is 15.5. The Morgan fingerprint density at radius 3 is 2.32 bits per heavy atom. The molecule has 0 bridgehead atoms. The van der Waals surface area contributed by atoms with E-state index in [1.54, 1.807) is 0 Å². The first kappa shape index (κ1) is 14.2. The summed E-state index contributed by atoms with van der Waals surface area (Å²) in [7, 11) is 0. The summed E-state index contributed by atoms with van der Waals surface area (Å²) in [5, 5.41) is 2.92. The van der Waals surface area contributed by atoms with Gasteiger partial charge in [0.05, 0.1) is 16.7 Å². The van der Waals surface area contributed by atoms with Crippen LogP contribution in [0.3, 0.4) is 0 Å². The highest BCUT2D eigenvalue weighted by atomic mass is 16.1. The van der Waals surface area contributed by atoms with Crippen molar-refractivity contribution in [2.45, 2.75) is 20.4 Å². The average Bonchev–Trinajstić information content (AvgIpc) is 2.53. The van der Waals surface area contributed by atoms with E-state index in [0.29, 0.717) is 17.9 Å². The molecular weight excluding hydrogens is 274 g/mol. The summed E-state index contributed by atoms with van der Waals surface area (Å²) in [4.78, 5) is 21.3. The predicted octanol–water partition coefficient (Wildman–Crippen LogP) is 3.18. The van der Waals surface area contributed by atoms with Gasteiger partial charge in [0, 0.05) is 6.54 Å². The van der Waals surface area contributed by atoms with E-state index in [2.05, 4.69) is 15.3 Å². The van der Waals surface area contributed by atoms with Crippen LogP contribution in [0.5, 0.6) is 0 Å². The van der Waals surface area contributed by atoms with Gasteiger partial charge in [-0.3, -0.25) is 4.79 Å². The topological polar surface area (TPSA) is 54.9 Å². The number of amides is 1. The Bertz CT molecular complexity index is 843. The highest BCUT2D eigenvalue weighted by Gasteiger charge is 2.13. The molecule has 0 aliphatic carbocycles. The number of benzene rings is 2. The number of hydrogen-bond donors (Lipinski definition) is 1. The zero-order valence-electron chi connectivity index (χ0n) is 12.6. The first-order valence-electron chi connectivity index (χ1n) is 7.21. The fourth-order valence-corrected chi connectivity index (χ4v) is 2.37. The van der Waals surface area contributed by atoms with Crippen molar-refractivity contribution < 1.29 is 4.79 Å². The normalized spacial score (nSPS) is 10.6. The smallest absolute Gasteiger partial charge is 0.272 e. The largest absolute Gasteiger partial charge is 0.347 e. The second-order valence-corrected chi connectivity index (χ2v) is 5.26. The van der Waals surface area contributed by atoms with Crippen molar-refractivity contribution in [3.63, 3.8) is 0 Å². The molecule has 0 spiro atoms. The van der Waals surface area contributed by atoms with E-state index in [-0.39, 0.29) is 5.91 Å². The molecule has 0 unspecified atom stereocenters. The Balaban J connectivity index is 1.83. The van der Waals surface area contributed by atoms with Crippen LogP contribution in [0.15, 0.2) is 48.5 Å². The van der Waals surface area contributed by atoms with Gasteiger partial charge in [-0.25, -0.2) is 9.97 Å². The fraction of sp³-hybridized carbons (Fsp3) is 0.167. The minimum Gasteiger partial charge on any atom is -0.347 e. The van der Waals surface area contributed by atoms with Crippen LogP contribution in [0.25, 0.3) is 11.0 Å². The van der Waals surface area contributed by atoms with Gasteiger partial charge in [-0.1, -0.05) is 36.4 Å². The maximum absolute atomic E-state index is 12.4. The third-order valence-corrected chi connectivity index (χ3v) is 3.66. The van der Waals surface area contributed by atoms with Crippen molar-refractivity contribution >= 4 is 16.9 Å². The SMILES string of the molecule is Cc1ccccc1CNC(=O)c1nc2ccccc2nc1C. The minimum atomic E-state index is -0.195. The minimum absolute atomic E-state index is 0.195. The van der Waals surface area contributed by atoms with Crippen LogP contribution in [0.1, 0.15) is 27.3 Å². The maximum atomic E-state index is 12.4. The number of para-hydroxylation sites is 2. The molecule has 1 heterocycles. The molecule has 3 rings (SSSR count). The second kappa shape index (κ2) is 5.93. The number of nitrogens with zero attached hydrogens (tertiary/aromatic N) is 2. The van der Waals surface area contributed by atoms with Crippen LogP contribution < -0.4 is 5.32 Å². The molecule has 110 valence electrons. The molecule has 3 aromatic rings. The van der Waals surface area contributed by atoms with E-state index in [4.69, 9.17) is 0 Å². The summed E-state index contributed by atoms with van der Waals surface area (Å²) in [6.07, 6.45) is 0. The predicted molar refractivity (Wildman–Crippen MR) is 86.6 cm³/mol. The zero-order valence-corrected chi connectivity index (χ0v) is 12.6. The molecule has 4 heteroatoms. The molecule has 0 aliphatic heterocycles. The van der Waals surface area contributed by atoms with Crippen molar-refractivity contribution in [1.29, 1.82) is 0 Å². The van der Waals surface area contributed by atoms with Gasteiger partial charge >= 0.3 is 0 Å². The lowest BCUT2D eigenvalue weighted by Gasteiger charge is -2.09. The van der Waals surface area contributed by atoms with Crippen LogP contribution in [0.2, 0.25) is 0 Å². The lowest BCUT2D eigenvalue weighted by atomic mass is 10.1. The molecule has 4 nitrogen and oxygen atoms in total. The van der Waals surface area contributed by atoms with Crippen molar-refractivity contribution in [3.05, 3.63) is 71.0 Å². The summed E-state index contributed by atoms with van der Waals surface area (Å²) in [6, 6.07) is 15.5. The molecule has 1 aromatic heterocycles. The van der Waals surface area contributed by atoms with Gasteiger partial charge in [-0.15, -0.1) is 0 Å². The summed E-state index contributed by atoms with van der Waals surface area (Å²) < 4.78 is 0. The molecular formula is C18H17N3O. The monoisotopic (exact) mass is 291 g/mol. The van der Waals surface area contributed by atoms with Gasteiger partial charge in [-0.05, 0) is 37.1 Å². The quantitative estimate of drug-likeness (QED) is 0.806. The van der Waals surface area contributed by atoms with Crippen molar-refractivity contribution in [2.75, 3.05) is 0 Å². The molecule has 1 amide bonds. The number of rotatable bonds is 3. The highest BCUT2D eigenvalue weighted by Crippen LogP contribution is 2.13. The lowest BCUT2D eigenvalue weighted by Crippen LogP contribution is -2.25. The molecule has 2 aromatic carbocycles. The number of nitrogens with one attached hydrogen (secondary N) is 1. The van der Waals surface area contributed by atoms with Gasteiger partial charge in [-0.2, -0.15) is 0 Å². The number of aromatic nitrogens is 2. The highest BCUT2D eigenvalue weighted by molar-refractivity contribution is 5.95. The van der Waals surface area contributed by atoms with E-state index in [1.165, 1.54) is 0 Å². The molecule has 0 atom stereocenters. The summed E-state index contributed by atoms with van der Waals surface area (Å²) in [5.74, 6) is -0.195. The fourth-order valence-electron chi connectivity index (χ4n) is 2.37. The molecule has 0 saturated carbocycles. The average molecular weight is 291 g/mol. The Kier molecular flexibility index (Phi) is 3.83. The van der Waals surface area contributed by atoms with E-state index < -0.39 is 0 Å². The van der Waals surface area contributed by atoms with Gasteiger partial charge < -0.3 is 5.32 Å². The van der Waals surface area contributed by atoms with E-state index in [1.807, 2.05) is 62.4 Å². The van der Waals surface area contributed by atoms with Gasteiger partial charge in [0.15, 0.2) is 0 Å². The Morgan fingerprint density at radius 2 is 1.59 bits per heavy atom. The van der Waals surface area contributed by atoms with Crippen LogP contribution in [-0.2, 0) is 6.54 Å². The van der Waals surface area contributed by atoms with Crippen molar-refractivity contribution in [3.8, 4) is 0 Å². The number of hydrogen-bond acceptors (Lipinski definition) is 3. The van der Waals surface area contributed by atoms with Gasteiger partial charge in [0.1, 0.15) is 5.69 Å². The Morgan fingerprint density at radius 1 is 0.955 bits per heavy atom. The summed E-state index contributed by atoms with van der Waals surface area (Å²) >= 11 is 0. The molecule has 0 fully saturated rings. The number of carbonyl (C=O) groups is 1. The number of aryl methyl sites for hydroxylation is 2. The summed E-state index contributed by atoms with van der Waals surface area (Å²) in [6.45, 7) is 4.32. The first-order chi connectivity index (χ1) is 10.6. The Labute approximate surface area is 129 Å². The maximum Gasteiger partial charge on any atom is 0.272 e.